The van der Waals surface area contributed by atoms with Crippen molar-refractivity contribution < 1.29 is 17.9 Å². The van der Waals surface area contributed by atoms with Gasteiger partial charge in [0, 0.05) is 36.5 Å². The van der Waals surface area contributed by atoms with Gasteiger partial charge in [-0.25, -0.2) is 18.4 Å². The molecule has 0 spiro atoms. The van der Waals surface area contributed by atoms with Gasteiger partial charge in [-0.2, -0.15) is 0 Å². The summed E-state index contributed by atoms with van der Waals surface area (Å²) >= 11 is 0. The van der Waals surface area contributed by atoms with E-state index in [4.69, 9.17) is 14.7 Å². The molecule has 0 unspecified atom stereocenters. The van der Waals surface area contributed by atoms with Crippen molar-refractivity contribution in [3.05, 3.63) is 66.9 Å². The van der Waals surface area contributed by atoms with Crippen molar-refractivity contribution in [2.45, 2.75) is 32.7 Å². The van der Waals surface area contributed by atoms with E-state index in [0.29, 0.717) is 19.0 Å². The van der Waals surface area contributed by atoms with E-state index in [2.05, 4.69) is 43.0 Å². The number of carbonyl (C=O) groups is 1. The van der Waals surface area contributed by atoms with Gasteiger partial charge in [0.1, 0.15) is 6.61 Å². The van der Waals surface area contributed by atoms with Crippen LogP contribution in [0.15, 0.2) is 66.9 Å². The smallest absolute Gasteiger partial charge is 0.259 e. The Bertz CT molecular complexity index is 1200. The first-order valence-electron chi connectivity index (χ1n) is 11.6. The number of rotatable bonds is 12. The van der Waals surface area contributed by atoms with Crippen molar-refractivity contribution in [1.29, 1.82) is 0 Å². The molecule has 1 amide bonds. The summed E-state index contributed by atoms with van der Waals surface area (Å²) in [6, 6.07) is 20.4. The van der Waals surface area contributed by atoms with Crippen LogP contribution < -0.4 is 9.62 Å². The fourth-order valence-electron chi connectivity index (χ4n) is 3.63. The third kappa shape index (κ3) is 8.15. The SMILES string of the molecule is CC(C)N(CCCCOCC(=O)NS(C)(=O)=O)c1ncc(-c2ccccc2)c(-c2ccccc2)n1. The predicted octanol–water partition coefficient (Wildman–Crippen LogP) is 3.90. The molecule has 9 heteroatoms. The van der Waals surface area contributed by atoms with E-state index in [9.17, 15) is 13.2 Å². The number of carbonyl (C=O) groups excluding carboxylic acids is 1. The van der Waals surface area contributed by atoms with Crippen LogP contribution in [0.25, 0.3) is 22.4 Å². The average molecular weight is 497 g/mol. The Hall–Kier alpha value is -3.30. The number of aromatic nitrogens is 2. The second-order valence-electron chi connectivity index (χ2n) is 8.51. The van der Waals surface area contributed by atoms with Crippen molar-refractivity contribution in [3.63, 3.8) is 0 Å². The number of unbranched alkanes of at least 4 members (excludes halogenated alkanes) is 1. The fourth-order valence-corrected chi connectivity index (χ4v) is 4.10. The lowest BCUT2D eigenvalue weighted by molar-refractivity contribution is -0.123. The Kier molecular flexibility index (Phi) is 9.33. The van der Waals surface area contributed by atoms with Gasteiger partial charge in [-0.1, -0.05) is 60.7 Å². The second-order valence-corrected chi connectivity index (χ2v) is 10.3. The number of ether oxygens (including phenoxy) is 1. The number of nitrogens with zero attached hydrogens (tertiary/aromatic N) is 3. The number of hydrogen-bond donors (Lipinski definition) is 1. The van der Waals surface area contributed by atoms with Gasteiger partial charge in [-0.05, 0) is 32.3 Å². The normalized spacial score (nSPS) is 11.4. The van der Waals surface area contributed by atoms with Gasteiger partial charge in [0.05, 0.1) is 11.9 Å². The summed E-state index contributed by atoms with van der Waals surface area (Å²) in [7, 11) is -3.57. The molecule has 0 aliphatic carbocycles. The molecule has 0 radical (unpaired) electrons. The molecule has 0 atom stereocenters. The maximum absolute atomic E-state index is 11.5. The zero-order valence-electron chi connectivity index (χ0n) is 20.3. The summed E-state index contributed by atoms with van der Waals surface area (Å²) < 4.78 is 29.3. The van der Waals surface area contributed by atoms with Crippen LogP contribution in [-0.4, -0.2) is 56.3 Å². The number of hydrogen-bond acceptors (Lipinski definition) is 7. The molecule has 0 fully saturated rings. The molecule has 1 heterocycles. The van der Waals surface area contributed by atoms with Crippen molar-refractivity contribution in [3.8, 4) is 22.4 Å². The highest BCUT2D eigenvalue weighted by Gasteiger charge is 2.17. The molecule has 1 N–H and O–H groups in total. The molecule has 0 saturated carbocycles. The number of sulfonamides is 1. The monoisotopic (exact) mass is 496 g/mol. The standard InChI is InChI=1S/C26H32N4O4S/c1-20(2)30(16-10-11-17-34-19-24(31)29-35(3,32)33)26-27-18-23(21-12-6-4-7-13-21)25(28-26)22-14-8-5-9-15-22/h4-9,12-15,18,20H,10-11,16-17,19H2,1-3H3,(H,29,31). The van der Waals surface area contributed by atoms with Crippen LogP contribution >= 0.6 is 0 Å². The number of nitrogens with one attached hydrogen (secondary N) is 1. The van der Waals surface area contributed by atoms with Crippen LogP contribution in [0, 0.1) is 0 Å². The second kappa shape index (κ2) is 12.4. The van der Waals surface area contributed by atoms with Crippen molar-refractivity contribution in [2.75, 3.05) is 30.9 Å². The molecule has 8 nitrogen and oxygen atoms in total. The van der Waals surface area contributed by atoms with Gasteiger partial charge < -0.3 is 9.64 Å². The number of amides is 1. The first kappa shape index (κ1) is 26.3. The summed E-state index contributed by atoms with van der Waals surface area (Å²) in [4.78, 5) is 23.4. The lowest BCUT2D eigenvalue weighted by Crippen LogP contribution is -2.34. The van der Waals surface area contributed by atoms with E-state index < -0.39 is 15.9 Å². The van der Waals surface area contributed by atoms with Crippen molar-refractivity contribution >= 4 is 21.9 Å². The van der Waals surface area contributed by atoms with Crippen LogP contribution in [0.2, 0.25) is 0 Å². The summed E-state index contributed by atoms with van der Waals surface area (Å²) in [6.07, 6.45) is 4.33. The minimum Gasteiger partial charge on any atom is -0.372 e. The van der Waals surface area contributed by atoms with Gasteiger partial charge in [0.2, 0.25) is 16.0 Å². The van der Waals surface area contributed by atoms with E-state index in [1.807, 2.05) is 47.3 Å². The minimum atomic E-state index is -3.57. The highest BCUT2D eigenvalue weighted by atomic mass is 32.2. The van der Waals surface area contributed by atoms with Crippen molar-refractivity contribution in [1.82, 2.24) is 14.7 Å². The van der Waals surface area contributed by atoms with E-state index >= 15 is 0 Å². The molecular formula is C26H32N4O4S. The summed E-state index contributed by atoms with van der Waals surface area (Å²) in [5.74, 6) is -0.0105. The molecule has 1 aromatic heterocycles. The average Bonchev–Trinajstić information content (AvgIpc) is 2.83. The fraction of sp³-hybridized carbons (Fsp3) is 0.346. The topological polar surface area (TPSA) is 101 Å². The van der Waals surface area contributed by atoms with Crippen LogP contribution in [0.4, 0.5) is 5.95 Å². The molecule has 35 heavy (non-hydrogen) atoms. The Morgan fingerprint density at radius 3 is 2.23 bits per heavy atom. The number of benzene rings is 2. The zero-order valence-corrected chi connectivity index (χ0v) is 21.2. The molecule has 3 rings (SSSR count). The van der Waals surface area contributed by atoms with E-state index in [-0.39, 0.29) is 12.6 Å². The van der Waals surface area contributed by atoms with Gasteiger partial charge in [-0.3, -0.25) is 9.52 Å². The number of anilines is 1. The van der Waals surface area contributed by atoms with E-state index in [0.717, 1.165) is 41.6 Å². The highest BCUT2D eigenvalue weighted by molar-refractivity contribution is 7.89. The highest BCUT2D eigenvalue weighted by Crippen LogP contribution is 2.31. The predicted molar refractivity (Wildman–Crippen MR) is 138 cm³/mol. The molecule has 186 valence electrons. The Balaban J connectivity index is 1.69. The molecular weight excluding hydrogens is 464 g/mol. The Morgan fingerprint density at radius 2 is 1.63 bits per heavy atom. The zero-order chi connectivity index (χ0) is 25.3. The quantitative estimate of drug-likeness (QED) is 0.380. The summed E-state index contributed by atoms with van der Waals surface area (Å²) in [5, 5.41) is 0. The third-order valence-electron chi connectivity index (χ3n) is 5.26. The van der Waals surface area contributed by atoms with Crippen LogP contribution in [-0.2, 0) is 19.6 Å². The molecule has 0 aliphatic heterocycles. The largest absolute Gasteiger partial charge is 0.372 e. The summed E-state index contributed by atoms with van der Waals surface area (Å²) in [5.41, 5.74) is 3.95. The van der Waals surface area contributed by atoms with E-state index in [1.165, 1.54) is 0 Å². The van der Waals surface area contributed by atoms with Crippen LogP contribution in [0.5, 0.6) is 0 Å². The third-order valence-corrected chi connectivity index (χ3v) is 5.86. The summed E-state index contributed by atoms with van der Waals surface area (Å²) in [6.45, 7) is 4.98. The van der Waals surface area contributed by atoms with Crippen molar-refractivity contribution in [2.24, 2.45) is 0 Å². The molecule has 2 aromatic carbocycles. The molecule has 3 aromatic rings. The minimum absolute atomic E-state index is 0.183. The van der Waals surface area contributed by atoms with E-state index in [1.54, 1.807) is 0 Å². The molecule has 0 saturated heterocycles. The van der Waals surface area contributed by atoms with Gasteiger partial charge in [-0.15, -0.1) is 0 Å². The maximum Gasteiger partial charge on any atom is 0.259 e. The lowest BCUT2D eigenvalue weighted by atomic mass is 10.0. The van der Waals surface area contributed by atoms with Gasteiger partial charge in [0.25, 0.3) is 5.91 Å². The molecule has 0 bridgehead atoms. The maximum atomic E-state index is 11.5. The lowest BCUT2D eigenvalue weighted by Gasteiger charge is -2.27. The first-order chi connectivity index (χ1) is 16.7. The van der Waals surface area contributed by atoms with Crippen LogP contribution in [0.1, 0.15) is 26.7 Å². The Morgan fingerprint density at radius 1 is 1.00 bits per heavy atom. The first-order valence-corrected chi connectivity index (χ1v) is 13.5. The molecule has 0 aliphatic rings. The Labute approximate surface area is 207 Å². The van der Waals surface area contributed by atoms with Gasteiger partial charge >= 0.3 is 0 Å². The van der Waals surface area contributed by atoms with Gasteiger partial charge in [0.15, 0.2) is 0 Å². The van der Waals surface area contributed by atoms with Crippen LogP contribution in [0.3, 0.4) is 0 Å².